The molecule has 0 fully saturated rings. The van der Waals surface area contributed by atoms with Crippen LogP contribution in [0.1, 0.15) is 5.69 Å². The number of aromatic nitrogens is 2. The van der Waals surface area contributed by atoms with Crippen LogP contribution in [0.2, 0.25) is 0 Å². The first-order chi connectivity index (χ1) is 8.45. The Morgan fingerprint density at radius 2 is 1.76 bits per heavy atom. The fourth-order valence-electron chi connectivity index (χ4n) is 1.01. The Hall–Kier alpha value is -1.42. The van der Waals surface area contributed by atoms with Gasteiger partial charge in [-0.25, -0.2) is 0 Å². The van der Waals surface area contributed by atoms with Gasteiger partial charge in [-0.1, -0.05) is 30.5 Å². The first-order valence-corrected chi connectivity index (χ1v) is 6.28. The van der Waals surface area contributed by atoms with E-state index in [1.165, 1.54) is 0 Å². The van der Waals surface area contributed by atoms with Crippen LogP contribution in [-0.4, -0.2) is 16.2 Å². The van der Waals surface area contributed by atoms with E-state index in [-0.39, 0.29) is 0 Å². The summed E-state index contributed by atoms with van der Waals surface area (Å²) in [5.74, 6) is 0.588. The molecule has 0 unspecified atom stereocenters. The molecule has 0 aliphatic carbocycles. The van der Waals surface area contributed by atoms with Crippen LogP contribution in [0, 0.1) is 0 Å². The van der Waals surface area contributed by atoms with Crippen molar-refractivity contribution in [3.05, 3.63) is 59.9 Å². The molecule has 2 rings (SSSR count). The molecule has 4 nitrogen and oxygen atoms in total. The van der Waals surface area contributed by atoms with Crippen molar-refractivity contribution in [1.82, 2.24) is 9.97 Å². The summed E-state index contributed by atoms with van der Waals surface area (Å²) in [5.41, 5.74) is 4.70. The summed E-state index contributed by atoms with van der Waals surface area (Å²) < 4.78 is 0. The van der Waals surface area contributed by atoms with Crippen molar-refractivity contribution in [3.63, 3.8) is 0 Å². The molecule has 0 aliphatic heterocycles. The molecule has 0 aliphatic rings. The molecule has 2 heterocycles. The van der Waals surface area contributed by atoms with Gasteiger partial charge in [0.1, 0.15) is 0 Å². The van der Waals surface area contributed by atoms with E-state index in [2.05, 4.69) is 45.7 Å². The molecule has 0 amide bonds. The molecule has 0 aromatic carbocycles. The molecule has 0 atom stereocenters. The summed E-state index contributed by atoms with van der Waals surface area (Å²) in [5, 5.41) is 3.89. The second-order valence-corrected chi connectivity index (χ2v) is 2.79. The molecule has 6 heteroatoms. The molecule has 0 spiro atoms. The van der Waals surface area contributed by atoms with Gasteiger partial charge in [-0.2, -0.15) is 0 Å². The van der Waals surface area contributed by atoms with Crippen molar-refractivity contribution < 1.29 is 15.1 Å². The minimum absolute atomic E-state index is 0.588. The number of hydrogen-bond donors (Lipinski definition) is 0. The maximum atomic E-state index is 4.45. The average molecular weight is 288 g/mol. The Morgan fingerprint density at radius 3 is 2.35 bits per heavy atom. The van der Waals surface area contributed by atoms with E-state index in [9.17, 15) is 0 Å². The van der Waals surface area contributed by atoms with Crippen LogP contribution < -0.4 is 0 Å². The quantitative estimate of drug-likeness (QED) is 0.494. The van der Waals surface area contributed by atoms with E-state index < -0.39 is 0 Å². The van der Waals surface area contributed by atoms with Gasteiger partial charge in [-0.3, -0.25) is 10.1 Å². The molecule has 0 saturated heterocycles. The van der Waals surface area contributed by atoms with Crippen molar-refractivity contribution in [3.8, 4) is 0 Å². The van der Waals surface area contributed by atoms with Gasteiger partial charge in [0.05, 0.1) is 11.9 Å². The van der Waals surface area contributed by atoms with Crippen molar-refractivity contribution in [2.75, 3.05) is 0 Å². The topological polar surface area (TPSA) is 52.2 Å². The predicted molar refractivity (Wildman–Crippen MR) is 64.9 cm³/mol. The van der Waals surface area contributed by atoms with Crippen LogP contribution in [-0.2, 0) is 15.1 Å². The average Bonchev–Trinajstić information content (AvgIpc) is 2.43. The van der Waals surface area contributed by atoms with Crippen LogP contribution in [0.5, 0.6) is 0 Å². The van der Waals surface area contributed by atoms with E-state index in [1.54, 1.807) is 24.7 Å². The van der Waals surface area contributed by atoms with E-state index in [1.807, 2.05) is 30.3 Å². The zero-order chi connectivity index (χ0) is 12.3. The van der Waals surface area contributed by atoms with Crippen LogP contribution >= 0.6 is 10.1 Å². The third-order valence-electron chi connectivity index (χ3n) is 1.69. The van der Waals surface area contributed by atoms with Crippen molar-refractivity contribution in [1.29, 1.82) is 0 Å². The summed E-state index contributed by atoms with van der Waals surface area (Å²) in [6.07, 6.45) is 4.98. The van der Waals surface area contributed by atoms with E-state index in [4.69, 9.17) is 0 Å². The standard InChI is InChI=1S/C11H9N4.ClH.Mn/c1-3-7-12-10(5-1)9-14-15-11-6-2-4-8-13-11;;/h1-9H;1H;/q-1;;+2/p-1. The molecular weight excluding hydrogens is 279 g/mol. The Balaban J connectivity index is 0.000000686. The molecule has 0 saturated carbocycles. The Bertz CT molecular complexity index is 436. The summed E-state index contributed by atoms with van der Waals surface area (Å²) in [7, 11) is 4.45. The molecule has 87 valence electrons. The third kappa shape index (κ3) is 5.45. The van der Waals surface area contributed by atoms with Crippen LogP contribution in [0.15, 0.2) is 53.9 Å². The first kappa shape index (κ1) is 13.6. The van der Waals surface area contributed by atoms with Gasteiger partial charge in [-0.15, -0.1) is 0 Å². The SMILES string of the molecule is C(=N[N-]c1ccccn1)c1ccccn1.[Cl][Mn+]. The Labute approximate surface area is 112 Å². The van der Waals surface area contributed by atoms with Gasteiger partial charge in [0, 0.05) is 6.20 Å². The van der Waals surface area contributed by atoms with Crippen molar-refractivity contribution >= 4 is 22.1 Å². The van der Waals surface area contributed by atoms with Gasteiger partial charge in [0.2, 0.25) is 0 Å². The number of rotatable bonds is 3. The summed E-state index contributed by atoms with van der Waals surface area (Å²) >= 11 is 2.41. The summed E-state index contributed by atoms with van der Waals surface area (Å²) in [6, 6.07) is 11.1. The Morgan fingerprint density at radius 1 is 1.06 bits per heavy atom. The van der Waals surface area contributed by atoms with Crippen LogP contribution in [0.25, 0.3) is 5.43 Å². The van der Waals surface area contributed by atoms with Gasteiger partial charge in [-0.05, 0) is 18.0 Å². The number of hydrogen-bond acceptors (Lipinski definition) is 3. The zero-order valence-corrected chi connectivity index (χ0v) is 10.7. The zero-order valence-electron chi connectivity index (χ0n) is 8.74. The number of nitrogens with zero attached hydrogens (tertiary/aromatic N) is 4. The molecule has 2 aromatic rings. The first-order valence-electron chi connectivity index (χ1n) is 4.65. The van der Waals surface area contributed by atoms with E-state index in [0.29, 0.717) is 5.82 Å². The summed E-state index contributed by atoms with van der Waals surface area (Å²) in [4.78, 5) is 8.09. The molecular formula is C11H9ClMnN4. The summed E-state index contributed by atoms with van der Waals surface area (Å²) in [6.45, 7) is 0. The van der Waals surface area contributed by atoms with Crippen LogP contribution in [0.4, 0.5) is 5.82 Å². The molecule has 17 heavy (non-hydrogen) atoms. The van der Waals surface area contributed by atoms with Crippen molar-refractivity contribution in [2.45, 2.75) is 0 Å². The molecule has 2 aromatic heterocycles. The fraction of sp³-hybridized carbons (Fsp3) is 0. The van der Waals surface area contributed by atoms with Gasteiger partial charge < -0.3 is 10.4 Å². The predicted octanol–water partition coefficient (Wildman–Crippen LogP) is 3.20. The number of halogens is 1. The Kier molecular flexibility index (Phi) is 6.98. The second kappa shape index (κ2) is 8.70. The maximum absolute atomic E-state index is 4.45. The third-order valence-corrected chi connectivity index (χ3v) is 1.69. The van der Waals surface area contributed by atoms with Gasteiger partial charge in [0.15, 0.2) is 0 Å². The van der Waals surface area contributed by atoms with Gasteiger partial charge in [0.25, 0.3) is 0 Å². The fourth-order valence-corrected chi connectivity index (χ4v) is 1.01. The van der Waals surface area contributed by atoms with E-state index in [0.717, 1.165) is 5.69 Å². The minimum atomic E-state index is 0.588. The van der Waals surface area contributed by atoms with E-state index >= 15 is 0 Å². The van der Waals surface area contributed by atoms with Gasteiger partial charge >= 0.3 is 25.2 Å². The molecule has 0 N–H and O–H groups in total. The molecule has 0 radical (unpaired) electrons. The number of pyridine rings is 2. The van der Waals surface area contributed by atoms with Crippen molar-refractivity contribution in [2.24, 2.45) is 5.10 Å². The normalized spacial score (nSPS) is 9.47. The second-order valence-electron chi connectivity index (χ2n) is 2.79. The molecule has 0 bridgehead atoms. The monoisotopic (exact) mass is 287 g/mol. The van der Waals surface area contributed by atoms with Crippen LogP contribution in [0.3, 0.4) is 0 Å².